The molecule has 0 spiro atoms. The van der Waals surface area contributed by atoms with Crippen molar-refractivity contribution in [3.05, 3.63) is 60.8 Å². The van der Waals surface area contributed by atoms with Crippen molar-refractivity contribution in [3.8, 4) is 0 Å². The standard InChI is InChI=1S/C49H87NO5/c1-4-7-10-13-16-19-22-24-26-28-31-34-37-40-45(55-49(54)42-39-36-33-30-27-25-23-20-17-14-11-8-5-2)43-48(53)50-46(44-51)47(52)41-38-35-32-29-21-18-15-12-9-6-3/h8,11,14,17,20,23,25,27,30,33,45-47,51-52H,4-7,9-10,12-13,15-16,18-19,21-22,24,26,28-29,31-32,34-44H2,1-3H3,(H,50,53)/b11-8+,17-14+,23-20-,27-25-,33-30+. The zero-order valence-electron chi connectivity index (χ0n) is 36.0. The number of nitrogens with one attached hydrogen (secondary N) is 1. The second-order valence-electron chi connectivity index (χ2n) is 15.6. The summed E-state index contributed by atoms with van der Waals surface area (Å²) in [5.41, 5.74) is 0. The van der Waals surface area contributed by atoms with Crippen LogP contribution >= 0.6 is 0 Å². The number of hydrogen-bond donors (Lipinski definition) is 3. The fourth-order valence-electron chi connectivity index (χ4n) is 6.75. The molecule has 0 saturated heterocycles. The Labute approximate surface area is 339 Å². The summed E-state index contributed by atoms with van der Waals surface area (Å²) < 4.78 is 5.87. The van der Waals surface area contributed by atoms with E-state index < -0.39 is 18.2 Å². The summed E-state index contributed by atoms with van der Waals surface area (Å²) in [6.07, 6.45) is 51.4. The minimum absolute atomic E-state index is 0.0494. The van der Waals surface area contributed by atoms with Gasteiger partial charge in [0, 0.05) is 6.42 Å². The van der Waals surface area contributed by atoms with Crippen LogP contribution in [0.3, 0.4) is 0 Å². The number of allylic oxidation sites excluding steroid dienone is 10. The van der Waals surface area contributed by atoms with Gasteiger partial charge in [-0.05, 0) is 38.5 Å². The van der Waals surface area contributed by atoms with Crippen LogP contribution in [0.1, 0.15) is 213 Å². The Kier molecular flexibility index (Phi) is 40.8. The van der Waals surface area contributed by atoms with E-state index in [0.29, 0.717) is 25.7 Å². The summed E-state index contributed by atoms with van der Waals surface area (Å²) in [6, 6.07) is -0.713. The molecule has 0 heterocycles. The molecule has 3 N–H and O–H groups in total. The zero-order valence-corrected chi connectivity index (χ0v) is 36.0. The molecule has 0 aromatic heterocycles. The van der Waals surface area contributed by atoms with E-state index in [-0.39, 0.29) is 24.9 Å². The number of ether oxygens (including phenoxy) is 1. The lowest BCUT2D eigenvalue weighted by molar-refractivity contribution is -0.151. The highest BCUT2D eigenvalue weighted by molar-refractivity contribution is 5.77. The van der Waals surface area contributed by atoms with Gasteiger partial charge in [-0.25, -0.2) is 0 Å². The first-order valence-corrected chi connectivity index (χ1v) is 23.1. The Bertz CT molecular complexity index is 999. The van der Waals surface area contributed by atoms with E-state index in [0.717, 1.165) is 51.4 Å². The van der Waals surface area contributed by atoms with Crippen molar-refractivity contribution in [1.29, 1.82) is 0 Å². The number of aliphatic hydroxyl groups is 2. The average Bonchev–Trinajstić information content (AvgIpc) is 3.18. The van der Waals surface area contributed by atoms with E-state index in [4.69, 9.17) is 4.74 Å². The third kappa shape index (κ3) is 38.2. The van der Waals surface area contributed by atoms with Gasteiger partial charge >= 0.3 is 5.97 Å². The van der Waals surface area contributed by atoms with Crippen LogP contribution < -0.4 is 5.32 Å². The second-order valence-corrected chi connectivity index (χ2v) is 15.6. The minimum Gasteiger partial charge on any atom is -0.462 e. The summed E-state index contributed by atoms with van der Waals surface area (Å²) in [7, 11) is 0. The van der Waals surface area contributed by atoms with E-state index in [1.807, 2.05) is 54.7 Å². The summed E-state index contributed by atoms with van der Waals surface area (Å²) in [5.74, 6) is -0.562. The maximum atomic E-state index is 13.1. The van der Waals surface area contributed by atoms with Crippen molar-refractivity contribution in [2.24, 2.45) is 0 Å². The molecule has 3 unspecified atom stereocenters. The SMILES string of the molecule is CC/C=C/C=C/C=C\C=C/C=C/CCCC(=O)OC(CCCCCCCCCCCCCCC)CC(=O)NC(CO)C(O)CCCCCCCCCCCC. The van der Waals surface area contributed by atoms with Gasteiger partial charge in [-0.2, -0.15) is 0 Å². The maximum absolute atomic E-state index is 13.1. The van der Waals surface area contributed by atoms with Crippen LogP contribution in [0.5, 0.6) is 0 Å². The van der Waals surface area contributed by atoms with Gasteiger partial charge in [-0.3, -0.25) is 9.59 Å². The molecule has 0 fully saturated rings. The van der Waals surface area contributed by atoms with Crippen molar-refractivity contribution in [3.63, 3.8) is 0 Å². The van der Waals surface area contributed by atoms with Crippen molar-refractivity contribution >= 4 is 11.9 Å². The first-order valence-electron chi connectivity index (χ1n) is 23.1. The smallest absolute Gasteiger partial charge is 0.306 e. The second kappa shape index (κ2) is 42.7. The van der Waals surface area contributed by atoms with Crippen molar-refractivity contribution in [1.82, 2.24) is 5.32 Å². The van der Waals surface area contributed by atoms with Gasteiger partial charge in [0.1, 0.15) is 6.10 Å². The summed E-state index contributed by atoms with van der Waals surface area (Å²) in [6.45, 7) is 6.30. The number of carbonyl (C=O) groups is 2. The molecule has 55 heavy (non-hydrogen) atoms. The molecule has 318 valence electrons. The Morgan fingerprint density at radius 1 is 0.545 bits per heavy atom. The molecule has 0 rings (SSSR count). The molecule has 0 saturated carbocycles. The van der Waals surface area contributed by atoms with Crippen LogP contribution in [0.4, 0.5) is 0 Å². The van der Waals surface area contributed by atoms with Crippen LogP contribution in [-0.4, -0.2) is 46.9 Å². The summed E-state index contributed by atoms with van der Waals surface area (Å²) in [5, 5.41) is 23.6. The first kappa shape index (κ1) is 52.6. The number of aliphatic hydroxyl groups excluding tert-OH is 2. The Hall–Kier alpha value is -2.44. The zero-order chi connectivity index (χ0) is 40.3. The number of esters is 1. The molecule has 1 amide bonds. The monoisotopic (exact) mass is 770 g/mol. The van der Waals surface area contributed by atoms with Crippen molar-refractivity contribution in [2.75, 3.05) is 6.61 Å². The topological polar surface area (TPSA) is 95.9 Å². The highest BCUT2D eigenvalue weighted by Gasteiger charge is 2.24. The van der Waals surface area contributed by atoms with Gasteiger partial charge in [0.05, 0.1) is 25.2 Å². The molecule has 0 radical (unpaired) electrons. The maximum Gasteiger partial charge on any atom is 0.306 e. The number of unbranched alkanes of at least 4 members (excludes halogenated alkanes) is 22. The normalized spacial score (nSPS) is 13.9. The van der Waals surface area contributed by atoms with Crippen molar-refractivity contribution < 1.29 is 24.5 Å². The lowest BCUT2D eigenvalue weighted by Crippen LogP contribution is -2.46. The first-order chi connectivity index (χ1) is 27.0. The molecule has 0 aliphatic rings. The molecular formula is C49H87NO5. The third-order valence-electron chi connectivity index (χ3n) is 10.2. The Morgan fingerprint density at radius 2 is 0.964 bits per heavy atom. The van der Waals surface area contributed by atoms with E-state index >= 15 is 0 Å². The largest absolute Gasteiger partial charge is 0.462 e. The van der Waals surface area contributed by atoms with Crippen LogP contribution in [0.2, 0.25) is 0 Å². The minimum atomic E-state index is -0.797. The van der Waals surface area contributed by atoms with Crippen LogP contribution in [0.25, 0.3) is 0 Å². The Morgan fingerprint density at radius 3 is 1.42 bits per heavy atom. The fourth-order valence-corrected chi connectivity index (χ4v) is 6.75. The molecule has 0 bridgehead atoms. The number of amides is 1. The predicted molar refractivity (Wildman–Crippen MR) is 236 cm³/mol. The highest BCUT2D eigenvalue weighted by atomic mass is 16.5. The van der Waals surface area contributed by atoms with Gasteiger partial charge in [0.2, 0.25) is 5.91 Å². The predicted octanol–water partition coefficient (Wildman–Crippen LogP) is 13.3. The van der Waals surface area contributed by atoms with E-state index in [9.17, 15) is 19.8 Å². The van der Waals surface area contributed by atoms with Crippen LogP contribution in [0.15, 0.2) is 60.8 Å². The average molecular weight is 770 g/mol. The molecule has 0 aromatic rings. The molecule has 0 aliphatic carbocycles. The van der Waals surface area contributed by atoms with Gasteiger partial charge in [-0.1, -0.05) is 223 Å². The highest BCUT2D eigenvalue weighted by Crippen LogP contribution is 2.17. The molecule has 0 aliphatic heterocycles. The Balaban J connectivity index is 4.72. The molecular weight excluding hydrogens is 683 g/mol. The van der Waals surface area contributed by atoms with Gasteiger partial charge in [-0.15, -0.1) is 0 Å². The molecule has 6 heteroatoms. The molecule has 3 atom stereocenters. The third-order valence-corrected chi connectivity index (χ3v) is 10.2. The lowest BCUT2D eigenvalue weighted by atomic mass is 10.0. The van der Waals surface area contributed by atoms with E-state index in [2.05, 4.69) is 32.2 Å². The van der Waals surface area contributed by atoms with Gasteiger partial charge < -0.3 is 20.3 Å². The quantitative estimate of drug-likeness (QED) is 0.0328. The van der Waals surface area contributed by atoms with Crippen molar-refractivity contribution in [2.45, 2.75) is 232 Å². The summed E-state index contributed by atoms with van der Waals surface area (Å²) >= 11 is 0. The van der Waals surface area contributed by atoms with Gasteiger partial charge in [0.15, 0.2) is 0 Å². The summed E-state index contributed by atoms with van der Waals surface area (Å²) in [4.78, 5) is 26.0. The molecule has 0 aromatic carbocycles. The van der Waals surface area contributed by atoms with Gasteiger partial charge in [0.25, 0.3) is 0 Å². The molecule has 6 nitrogen and oxygen atoms in total. The van der Waals surface area contributed by atoms with Crippen LogP contribution in [-0.2, 0) is 14.3 Å². The van der Waals surface area contributed by atoms with E-state index in [1.54, 1.807) is 0 Å². The lowest BCUT2D eigenvalue weighted by Gasteiger charge is -2.24. The van der Waals surface area contributed by atoms with E-state index in [1.165, 1.54) is 109 Å². The number of hydrogen-bond acceptors (Lipinski definition) is 5. The van der Waals surface area contributed by atoms with Crippen LogP contribution in [0, 0.1) is 0 Å². The number of carbonyl (C=O) groups excluding carboxylic acids is 2. The fraction of sp³-hybridized carbons (Fsp3) is 0.755. The number of rotatable bonds is 40.